The lowest BCUT2D eigenvalue weighted by Crippen LogP contribution is -2.47. The molecule has 1 aromatic heterocycles. The molecule has 0 N–H and O–H groups in total. The molecule has 3 aliphatic rings. The first kappa shape index (κ1) is 28.9. The van der Waals surface area contributed by atoms with Gasteiger partial charge in [-0.3, -0.25) is 9.59 Å². The summed E-state index contributed by atoms with van der Waals surface area (Å²) < 4.78 is 5.33. The molecule has 0 bridgehead atoms. The maximum Gasteiger partial charge on any atom is 0.262 e. The van der Waals surface area contributed by atoms with Gasteiger partial charge in [0.25, 0.3) is 5.91 Å². The number of nitrogens with zero attached hydrogens (tertiary/aromatic N) is 6. The maximum absolute atomic E-state index is 13.8. The molecule has 228 valence electrons. The second kappa shape index (κ2) is 11.9. The molecule has 1 amide bonds. The molecule has 0 aliphatic carbocycles. The average molecular weight is 621 g/mol. The highest BCUT2D eigenvalue weighted by molar-refractivity contribution is 6.34. The monoisotopic (exact) mass is 620 g/mol. The van der Waals surface area contributed by atoms with Crippen molar-refractivity contribution in [3.8, 4) is 5.75 Å². The van der Waals surface area contributed by atoms with E-state index in [1.807, 2.05) is 73.8 Å². The smallest absolute Gasteiger partial charge is 0.262 e. The number of rotatable bonds is 6. The molecule has 45 heavy (non-hydrogen) atoms. The Bertz CT molecular complexity index is 1800. The Balaban J connectivity index is 1.31. The number of hydrogen-bond donors (Lipinski definition) is 0. The van der Waals surface area contributed by atoms with Crippen molar-refractivity contribution in [1.82, 2.24) is 14.9 Å². The number of benzene rings is 3. The van der Waals surface area contributed by atoms with Crippen molar-refractivity contribution in [1.29, 1.82) is 0 Å². The highest BCUT2D eigenvalue weighted by Gasteiger charge is 2.40. The number of methoxy groups -OCH3 is 1. The van der Waals surface area contributed by atoms with Crippen LogP contribution in [0.4, 0.5) is 17.3 Å². The topological polar surface area (TPSA) is 82.1 Å². The van der Waals surface area contributed by atoms with Crippen LogP contribution in [0.3, 0.4) is 0 Å². The van der Waals surface area contributed by atoms with Gasteiger partial charge >= 0.3 is 0 Å². The average Bonchev–Trinajstić information content (AvgIpc) is 3.49. The van der Waals surface area contributed by atoms with Crippen molar-refractivity contribution in [2.24, 2.45) is 0 Å². The van der Waals surface area contributed by atoms with Crippen LogP contribution in [0.1, 0.15) is 44.7 Å². The molecule has 4 aromatic rings. The molecular weight excluding hydrogens is 588 g/mol. The summed E-state index contributed by atoms with van der Waals surface area (Å²) in [5.41, 5.74) is 4.77. The molecule has 1 fully saturated rings. The molecule has 3 aliphatic heterocycles. The highest BCUT2D eigenvalue weighted by atomic mass is 35.5. The summed E-state index contributed by atoms with van der Waals surface area (Å²) in [4.78, 5) is 45.0. The lowest BCUT2D eigenvalue weighted by molar-refractivity contribution is 0.0780. The predicted molar refractivity (Wildman–Crippen MR) is 176 cm³/mol. The number of ether oxygens (including phenoxy) is 1. The molecule has 9 nitrogen and oxygen atoms in total. The van der Waals surface area contributed by atoms with Crippen LogP contribution in [-0.4, -0.2) is 66.5 Å². The zero-order valence-corrected chi connectivity index (χ0v) is 25.9. The number of para-hydroxylation sites is 1. The van der Waals surface area contributed by atoms with E-state index in [1.165, 1.54) is 0 Å². The van der Waals surface area contributed by atoms with E-state index < -0.39 is 0 Å². The van der Waals surface area contributed by atoms with E-state index in [-0.39, 0.29) is 24.3 Å². The molecule has 10 heteroatoms. The van der Waals surface area contributed by atoms with Crippen LogP contribution in [0.25, 0.3) is 6.08 Å². The molecule has 0 spiro atoms. The van der Waals surface area contributed by atoms with Crippen molar-refractivity contribution in [2.75, 3.05) is 48.6 Å². The molecule has 7 rings (SSSR count). The summed E-state index contributed by atoms with van der Waals surface area (Å²) in [5, 5.41) is 0.446. The standard InChI is InChI=1S/C35H33ClN6O3/c1-39-22-40(19-23-13-15-26(45-2)16-14-23)33-32(35(39)44)34(38-21-37-33)41-17-7-12-28(41)29-18-24-8-6-11-27(36)31(24)30(43)20-42(29)25-9-4-3-5-10-25/h3-6,8-11,13-16,18,21,28H,7,12,17,19-20,22H2,1-2H3. The summed E-state index contributed by atoms with van der Waals surface area (Å²) in [5.74, 6) is 1.86. The summed E-state index contributed by atoms with van der Waals surface area (Å²) in [6, 6.07) is 23.3. The van der Waals surface area contributed by atoms with Crippen LogP contribution in [0.15, 0.2) is 84.8 Å². The number of carbonyl (C=O) groups is 2. The fourth-order valence-corrected chi connectivity index (χ4v) is 6.92. The Kier molecular flexibility index (Phi) is 7.63. The third kappa shape index (κ3) is 5.27. The highest BCUT2D eigenvalue weighted by Crippen LogP contribution is 2.40. The van der Waals surface area contributed by atoms with E-state index in [2.05, 4.69) is 25.8 Å². The molecular formula is C35H33ClN6O3. The second-order valence-corrected chi connectivity index (χ2v) is 12.0. The van der Waals surface area contributed by atoms with Gasteiger partial charge in [0.2, 0.25) is 0 Å². The van der Waals surface area contributed by atoms with Crippen molar-refractivity contribution in [3.05, 3.63) is 112 Å². The van der Waals surface area contributed by atoms with Crippen LogP contribution in [0.5, 0.6) is 5.75 Å². The summed E-state index contributed by atoms with van der Waals surface area (Å²) in [7, 11) is 3.46. The van der Waals surface area contributed by atoms with Crippen molar-refractivity contribution >= 4 is 46.7 Å². The maximum atomic E-state index is 13.8. The van der Waals surface area contributed by atoms with Crippen LogP contribution in [0, 0.1) is 0 Å². The number of amides is 1. The first-order chi connectivity index (χ1) is 21.9. The van der Waals surface area contributed by atoms with Gasteiger partial charge in [-0.05, 0) is 60.4 Å². The minimum absolute atomic E-state index is 0.0411. The molecule has 3 aromatic carbocycles. The quantitative estimate of drug-likeness (QED) is 0.264. The van der Waals surface area contributed by atoms with Crippen LogP contribution in [0.2, 0.25) is 5.02 Å². The first-order valence-corrected chi connectivity index (χ1v) is 15.4. The van der Waals surface area contributed by atoms with Crippen LogP contribution < -0.4 is 19.4 Å². The van der Waals surface area contributed by atoms with Crippen molar-refractivity contribution < 1.29 is 14.3 Å². The van der Waals surface area contributed by atoms with E-state index in [0.717, 1.165) is 41.1 Å². The first-order valence-electron chi connectivity index (χ1n) is 15.0. The second-order valence-electron chi connectivity index (χ2n) is 11.6. The Morgan fingerprint density at radius 3 is 2.49 bits per heavy atom. The van der Waals surface area contributed by atoms with Gasteiger partial charge in [0.1, 0.15) is 29.3 Å². The molecule has 1 unspecified atom stereocenters. The molecule has 0 radical (unpaired) electrons. The molecule has 0 saturated carbocycles. The Morgan fingerprint density at radius 2 is 1.71 bits per heavy atom. The summed E-state index contributed by atoms with van der Waals surface area (Å²) in [6.45, 7) is 1.83. The SMILES string of the molecule is COc1ccc(CN2CN(C)C(=O)c3c2ncnc3N2CCCC2C2=Cc3cccc(Cl)c3C(=O)CN2c2ccccc2)cc1. The van der Waals surface area contributed by atoms with Gasteiger partial charge in [0.15, 0.2) is 5.78 Å². The fraction of sp³-hybridized carbons (Fsp3) is 0.257. The number of anilines is 3. The lowest BCUT2D eigenvalue weighted by Gasteiger charge is -2.39. The largest absolute Gasteiger partial charge is 0.497 e. The van der Waals surface area contributed by atoms with Gasteiger partial charge in [0.05, 0.1) is 31.4 Å². The van der Waals surface area contributed by atoms with E-state index >= 15 is 0 Å². The van der Waals surface area contributed by atoms with E-state index in [0.29, 0.717) is 47.5 Å². The third-order valence-corrected chi connectivity index (χ3v) is 9.07. The molecule has 4 heterocycles. The van der Waals surface area contributed by atoms with Gasteiger partial charge in [-0.15, -0.1) is 0 Å². The Labute approximate surface area is 267 Å². The van der Waals surface area contributed by atoms with E-state index in [1.54, 1.807) is 24.4 Å². The van der Waals surface area contributed by atoms with E-state index in [4.69, 9.17) is 21.3 Å². The fourth-order valence-electron chi connectivity index (χ4n) is 6.63. The minimum Gasteiger partial charge on any atom is -0.497 e. The number of ketones is 1. The number of fused-ring (bicyclic) bond motifs is 2. The normalized spacial score (nSPS) is 18.0. The molecule has 1 saturated heterocycles. The third-order valence-electron chi connectivity index (χ3n) is 8.76. The lowest BCUT2D eigenvalue weighted by atomic mass is 10.0. The van der Waals surface area contributed by atoms with Crippen molar-refractivity contribution in [2.45, 2.75) is 25.4 Å². The number of aromatic nitrogens is 2. The van der Waals surface area contributed by atoms with Crippen molar-refractivity contribution in [3.63, 3.8) is 0 Å². The Morgan fingerprint density at radius 1 is 0.933 bits per heavy atom. The van der Waals surface area contributed by atoms with E-state index in [9.17, 15) is 9.59 Å². The zero-order valence-electron chi connectivity index (χ0n) is 25.2. The Hall–Kier alpha value is -4.89. The summed E-state index contributed by atoms with van der Waals surface area (Å²) in [6.07, 6.45) is 5.37. The predicted octanol–water partition coefficient (Wildman–Crippen LogP) is 5.90. The zero-order chi connectivity index (χ0) is 31.1. The van der Waals surface area contributed by atoms with Gasteiger partial charge < -0.3 is 24.3 Å². The van der Waals surface area contributed by atoms with Gasteiger partial charge in [0, 0.05) is 37.1 Å². The van der Waals surface area contributed by atoms with Gasteiger partial charge in [-0.2, -0.15) is 0 Å². The number of Topliss-reactive ketones (excluding diaryl/α,β-unsaturated/α-hetero) is 1. The summed E-state index contributed by atoms with van der Waals surface area (Å²) >= 11 is 6.58. The van der Waals surface area contributed by atoms with Gasteiger partial charge in [-0.25, -0.2) is 9.97 Å². The number of carbonyl (C=O) groups excluding carboxylic acids is 2. The van der Waals surface area contributed by atoms with Crippen LogP contribution >= 0.6 is 11.6 Å². The van der Waals surface area contributed by atoms with Crippen LogP contribution in [-0.2, 0) is 6.54 Å². The number of halogens is 1. The van der Waals surface area contributed by atoms with Gasteiger partial charge in [-0.1, -0.05) is 54.1 Å². The minimum atomic E-state index is -0.142. The number of hydrogen-bond acceptors (Lipinski definition) is 8. The molecule has 1 atom stereocenters.